The Morgan fingerprint density at radius 3 is 2.61 bits per heavy atom. The molecule has 5 heteroatoms. The van der Waals surface area contributed by atoms with Gasteiger partial charge in [-0.05, 0) is 62.4 Å². The van der Waals surface area contributed by atoms with E-state index in [1.54, 1.807) is 48.5 Å². The van der Waals surface area contributed by atoms with Crippen molar-refractivity contribution in [1.82, 2.24) is 4.90 Å². The van der Waals surface area contributed by atoms with Crippen LogP contribution in [0, 0.1) is 17.8 Å². The number of nitrogens with zero attached hydrogens (tertiary/aromatic N) is 1. The summed E-state index contributed by atoms with van der Waals surface area (Å²) in [5, 5.41) is 8.71. The molecule has 1 amide bonds. The monoisotopic (exact) mass is 422 g/mol. The molecule has 5 nitrogen and oxygen atoms in total. The van der Waals surface area contributed by atoms with Gasteiger partial charge in [0.1, 0.15) is 5.75 Å². The lowest BCUT2D eigenvalue weighted by Crippen LogP contribution is -2.26. The summed E-state index contributed by atoms with van der Waals surface area (Å²) in [7, 11) is 0. The number of hydrogen-bond acceptors (Lipinski definition) is 3. The molecule has 0 heterocycles. The molecule has 0 aliphatic heterocycles. The van der Waals surface area contributed by atoms with Crippen molar-refractivity contribution >= 4 is 11.9 Å². The highest BCUT2D eigenvalue weighted by molar-refractivity contribution is 5.94. The number of hydrogen-bond donors (Lipinski definition) is 1. The van der Waals surface area contributed by atoms with E-state index in [2.05, 4.69) is 11.8 Å². The fourth-order valence-corrected chi connectivity index (χ4v) is 3.02. The molecule has 0 unspecified atom stereocenters. The first kappa shape index (κ1) is 18.5. The number of ether oxygens (including phenoxy) is 1. The van der Waals surface area contributed by atoms with Crippen LogP contribution in [0.3, 0.4) is 0 Å². The molecule has 1 aliphatic rings. The van der Waals surface area contributed by atoms with Crippen LogP contribution in [-0.4, -0.2) is 35.5 Å². The first-order valence-corrected chi connectivity index (χ1v) is 10.6. The Morgan fingerprint density at radius 2 is 1.90 bits per heavy atom. The van der Waals surface area contributed by atoms with E-state index >= 15 is 0 Å². The molecule has 31 heavy (non-hydrogen) atoms. The lowest BCUT2D eigenvalue weighted by Gasteiger charge is -2.19. The van der Waals surface area contributed by atoms with E-state index in [1.165, 1.54) is 0 Å². The van der Waals surface area contributed by atoms with Gasteiger partial charge in [0.2, 0.25) is 0 Å². The molecule has 1 fully saturated rings. The maximum Gasteiger partial charge on any atom is 0.303 e. The fourth-order valence-electron chi connectivity index (χ4n) is 3.02. The average Bonchev–Trinajstić information content (AvgIpc) is 3.63. The SMILES string of the molecule is [2H]C([2H])([2H])N(Cc1ccccc1OCCCCCC(=O)O)C(=O)c1ccc(C#CC2CC2)cc1. The molecule has 0 radical (unpaired) electrons. The molecule has 0 aromatic heterocycles. The fraction of sp³-hybridized carbons (Fsp3) is 0.385. The Kier molecular flexibility index (Phi) is 6.70. The van der Waals surface area contributed by atoms with Gasteiger partial charge in [-0.25, -0.2) is 0 Å². The lowest BCUT2D eigenvalue weighted by molar-refractivity contribution is -0.137. The van der Waals surface area contributed by atoms with E-state index in [-0.39, 0.29) is 18.5 Å². The van der Waals surface area contributed by atoms with Gasteiger partial charge in [-0.3, -0.25) is 9.59 Å². The van der Waals surface area contributed by atoms with Crippen LogP contribution in [-0.2, 0) is 11.3 Å². The van der Waals surface area contributed by atoms with Gasteiger partial charge in [0.25, 0.3) is 5.91 Å². The number of carbonyl (C=O) groups excluding carboxylic acids is 1. The number of unbranched alkanes of at least 4 members (excludes halogenated alkanes) is 2. The van der Waals surface area contributed by atoms with Gasteiger partial charge in [0.15, 0.2) is 0 Å². The molecule has 2 aromatic rings. The average molecular weight is 423 g/mol. The van der Waals surface area contributed by atoms with Crippen LogP contribution in [0.25, 0.3) is 0 Å². The number of carbonyl (C=O) groups is 2. The Balaban J connectivity index is 1.66. The van der Waals surface area contributed by atoms with E-state index in [4.69, 9.17) is 14.0 Å². The number of amides is 1. The summed E-state index contributed by atoms with van der Waals surface area (Å²) in [5.74, 6) is 5.82. The third kappa shape index (κ3) is 7.49. The predicted molar refractivity (Wildman–Crippen MR) is 120 cm³/mol. The molecule has 162 valence electrons. The van der Waals surface area contributed by atoms with Gasteiger partial charge in [0.05, 0.1) is 6.61 Å². The van der Waals surface area contributed by atoms with E-state index in [0.717, 1.165) is 29.7 Å². The molecule has 3 rings (SSSR count). The van der Waals surface area contributed by atoms with Gasteiger partial charge in [0, 0.05) is 46.7 Å². The van der Waals surface area contributed by atoms with Crippen LogP contribution in [0.15, 0.2) is 48.5 Å². The van der Waals surface area contributed by atoms with Gasteiger partial charge in [-0.1, -0.05) is 30.0 Å². The molecule has 0 bridgehead atoms. The van der Waals surface area contributed by atoms with Crippen molar-refractivity contribution in [3.05, 3.63) is 65.2 Å². The van der Waals surface area contributed by atoms with Crippen molar-refractivity contribution in [1.29, 1.82) is 0 Å². The third-order valence-corrected chi connectivity index (χ3v) is 4.97. The maximum absolute atomic E-state index is 13.1. The Morgan fingerprint density at radius 1 is 1.13 bits per heavy atom. The molecular formula is C26H29NO4. The van der Waals surface area contributed by atoms with Crippen LogP contribution < -0.4 is 4.74 Å². The smallest absolute Gasteiger partial charge is 0.303 e. The summed E-state index contributed by atoms with van der Waals surface area (Å²) in [6, 6.07) is 13.7. The van der Waals surface area contributed by atoms with Crippen molar-refractivity contribution in [3.63, 3.8) is 0 Å². The zero-order valence-electron chi connectivity index (χ0n) is 20.5. The third-order valence-electron chi connectivity index (χ3n) is 4.97. The van der Waals surface area contributed by atoms with Crippen LogP contribution >= 0.6 is 0 Å². The number of aliphatic carboxylic acids is 1. The van der Waals surface area contributed by atoms with Gasteiger partial charge in [-0.15, -0.1) is 0 Å². The van der Waals surface area contributed by atoms with E-state index in [1.807, 2.05) is 0 Å². The lowest BCUT2D eigenvalue weighted by atomic mass is 10.1. The minimum atomic E-state index is -2.63. The number of carboxylic acids is 1. The quantitative estimate of drug-likeness (QED) is 0.443. The number of para-hydroxylation sites is 1. The van der Waals surface area contributed by atoms with Gasteiger partial charge >= 0.3 is 5.97 Å². The molecule has 1 saturated carbocycles. The molecule has 0 atom stereocenters. The molecule has 2 aromatic carbocycles. The molecule has 0 spiro atoms. The summed E-state index contributed by atoms with van der Waals surface area (Å²) < 4.78 is 29.6. The van der Waals surface area contributed by atoms with Crippen LogP contribution in [0.2, 0.25) is 0 Å². The standard InChI is InChI=1S/C26H29NO4/c1-27(26(30)22-16-14-21(15-17-22)13-12-20-10-11-20)19-23-7-4-5-8-24(23)31-18-6-2-3-9-25(28)29/h4-5,7-8,14-17,20H,2-3,6,9-11,18-19H2,1H3,(H,28,29)/i1D3. The Labute approximate surface area is 188 Å². The van der Waals surface area contributed by atoms with Crippen molar-refractivity contribution < 1.29 is 23.5 Å². The number of carboxylic acid groups (broad SMARTS) is 1. The number of rotatable bonds is 10. The largest absolute Gasteiger partial charge is 0.493 e. The molecule has 1 N–H and O–H groups in total. The maximum atomic E-state index is 13.1. The molecular weight excluding hydrogens is 390 g/mol. The summed E-state index contributed by atoms with van der Waals surface area (Å²) in [6.45, 7) is -2.39. The Bertz CT molecular complexity index is 1050. The Hall–Kier alpha value is -3.26. The van der Waals surface area contributed by atoms with Crippen LogP contribution in [0.4, 0.5) is 0 Å². The second-order valence-corrected chi connectivity index (χ2v) is 7.67. The van der Waals surface area contributed by atoms with Crippen molar-refractivity contribution in [2.45, 2.75) is 45.1 Å². The van der Waals surface area contributed by atoms with Crippen LogP contribution in [0.5, 0.6) is 5.75 Å². The minimum absolute atomic E-state index is 0.125. The highest BCUT2D eigenvalue weighted by Gasteiger charge is 2.18. The van der Waals surface area contributed by atoms with Crippen molar-refractivity contribution in [3.8, 4) is 17.6 Å². The summed E-state index contributed by atoms with van der Waals surface area (Å²) in [4.78, 5) is 24.6. The zero-order valence-corrected chi connectivity index (χ0v) is 17.5. The zero-order chi connectivity index (χ0) is 24.6. The van der Waals surface area contributed by atoms with E-state index in [9.17, 15) is 9.59 Å². The van der Waals surface area contributed by atoms with Crippen molar-refractivity contribution in [2.75, 3.05) is 13.6 Å². The first-order valence-electron chi connectivity index (χ1n) is 12.1. The number of benzene rings is 2. The highest BCUT2D eigenvalue weighted by atomic mass is 16.5. The second kappa shape index (κ2) is 11.2. The minimum Gasteiger partial charge on any atom is -0.493 e. The predicted octanol–water partition coefficient (Wildman–Crippen LogP) is 4.74. The first-order chi connectivity index (χ1) is 16.2. The highest BCUT2D eigenvalue weighted by Crippen LogP contribution is 2.27. The molecule has 0 saturated heterocycles. The summed E-state index contributed by atoms with van der Waals surface area (Å²) in [6.07, 6.45) is 4.36. The van der Waals surface area contributed by atoms with Crippen LogP contribution in [0.1, 0.15) is 64.1 Å². The van der Waals surface area contributed by atoms with E-state index in [0.29, 0.717) is 36.7 Å². The summed E-state index contributed by atoms with van der Waals surface area (Å²) >= 11 is 0. The second-order valence-electron chi connectivity index (χ2n) is 7.67. The normalized spacial score (nSPS) is 14.4. The molecule has 1 aliphatic carbocycles. The van der Waals surface area contributed by atoms with Gasteiger partial charge in [-0.2, -0.15) is 0 Å². The van der Waals surface area contributed by atoms with Crippen molar-refractivity contribution in [2.24, 2.45) is 5.92 Å². The summed E-state index contributed by atoms with van der Waals surface area (Å²) in [5.41, 5.74) is 1.67. The topological polar surface area (TPSA) is 66.8 Å². The van der Waals surface area contributed by atoms with Gasteiger partial charge < -0.3 is 14.7 Å². The van der Waals surface area contributed by atoms with E-state index < -0.39 is 18.9 Å².